The predicted octanol–water partition coefficient (Wildman–Crippen LogP) is 6.22. The number of nitriles is 2. The molecule has 0 atom stereocenters. The molecular formula is C36H28N6O6S2. The number of carbonyl (C=O) groups excluding carboxylic acids is 4. The number of carbonyl (C=O) groups is 4. The molecule has 0 aliphatic carbocycles. The van der Waals surface area contributed by atoms with E-state index in [0.29, 0.717) is 21.5 Å². The molecule has 0 saturated heterocycles. The number of aliphatic imine (C=N–C) groups is 2. The number of benzene rings is 1. The van der Waals surface area contributed by atoms with E-state index in [1.807, 2.05) is 39.8 Å². The quantitative estimate of drug-likeness (QED) is 0.284. The van der Waals surface area contributed by atoms with Crippen LogP contribution in [0.2, 0.25) is 0 Å². The number of hydrogen-bond donors (Lipinski definition) is 0. The number of hydrogen-bond acceptors (Lipinski definition) is 12. The maximum Gasteiger partial charge on any atom is 0.279 e. The minimum Gasteiger partial charge on any atom is -0.482 e. The average molecular weight is 705 g/mol. The van der Waals surface area contributed by atoms with Crippen LogP contribution in [-0.2, 0) is 30.4 Å². The van der Waals surface area contributed by atoms with Crippen LogP contribution in [0.4, 0.5) is 10.0 Å². The van der Waals surface area contributed by atoms with Crippen LogP contribution in [0, 0.1) is 22.7 Å². The molecule has 0 unspecified atom stereocenters. The van der Waals surface area contributed by atoms with Crippen molar-refractivity contribution in [3.8, 4) is 44.5 Å². The molecule has 0 N–H and O–H groups in total. The number of likely N-dealkylation sites (N-methyl/N-ethyl adjacent to an activating group) is 2. The molecule has 0 radical (unpaired) electrons. The van der Waals surface area contributed by atoms with E-state index in [0.717, 1.165) is 41.8 Å². The molecule has 4 amide bonds. The highest BCUT2D eigenvalue weighted by atomic mass is 32.1. The standard InChI is InChI=1S/C36H28N6O6S2/c1-15-19(13-37)31(43)41(7)33(45)27(15)39-25-11-23-29(49-25)17-9-22-18(10-21(17)35(3,4)47-23)30-24(48-36(22,5)6)12-26(50-30)40-28-16(2)20(14-38)32(44)42(8)34(28)46/h9-12H,1-8H3. The van der Waals surface area contributed by atoms with Crippen molar-refractivity contribution >= 4 is 67.7 Å². The van der Waals surface area contributed by atoms with Crippen LogP contribution in [0.5, 0.6) is 11.5 Å². The van der Waals surface area contributed by atoms with Gasteiger partial charge in [-0.3, -0.25) is 29.0 Å². The molecule has 0 spiro atoms. The van der Waals surface area contributed by atoms with Gasteiger partial charge in [0.15, 0.2) is 0 Å². The third-order valence-electron chi connectivity index (χ3n) is 9.22. The topological polar surface area (TPSA) is 166 Å². The monoisotopic (exact) mass is 704 g/mol. The molecular weight excluding hydrogens is 677 g/mol. The lowest BCUT2D eigenvalue weighted by Crippen LogP contribution is -2.44. The largest absolute Gasteiger partial charge is 0.482 e. The third-order valence-corrected chi connectivity index (χ3v) is 11.3. The lowest BCUT2D eigenvalue weighted by atomic mass is 9.81. The third kappa shape index (κ3) is 4.67. The molecule has 14 heteroatoms. The van der Waals surface area contributed by atoms with Crippen LogP contribution < -0.4 is 9.47 Å². The number of thiophene rings is 2. The fourth-order valence-electron chi connectivity index (χ4n) is 6.46. The van der Waals surface area contributed by atoms with Crippen molar-refractivity contribution in [1.29, 1.82) is 10.5 Å². The molecule has 250 valence electrons. The number of imide groups is 2. The van der Waals surface area contributed by atoms with Gasteiger partial charge in [0.1, 0.15) is 67.4 Å². The summed E-state index contributed by atoms with van der Waals surface area (Å²) < 4.78 is 13.1. The van der Waals surface area contributed by atoms with E-state index in [9.17, 15) is 29.7 Å². The van der Waals surface area contributed by atoms with E-state index in [1.165, 1.54) is 36.8 Å². The second kappa shape index (κ2) is 10.9. The Balaban J connectivity index is 1.35. The van der Waals surface area contributed by atoms with Gasteiger partial charge in [0.05, 0.1) is 9.75 Å². The Morgan fingerprint density at radius 2 is 1.00 bits per heavy atom. The van der Waals surface area contributed by atoms with Crippen molar-refractivity contribution in [1.82, 2.24) is 9.80 Å². The first-order valence-electron chi connectivity index (χ1n) is 15.4. The SMILES string of the molecule is CC1=C(C#N)C(=O)N(C)C(=O)C1=Nc1cc2c(s1)-c1cc3c(cc1C(C)(C)O2)-c1sc(N=C2C(=O)N(C)C(=O)C(C#N)=C2C)cc1OC3(C)C. The zero-order chi connectivity index (χ0) is 36.2. The maximum atomic E-state index is 13.0. The Bertz CT molecular complexity index is 2220. The number of rotatable bonds is 2. The number of nitrogens with zero attached hydrogens (tertiary/aromatic N) is 6. The van der Waals surface area contributed by atoms with Gasteiger partial charge in [0.2, 0.25) is 0 Å². The van der Waals surface area contributed by atoms with Crippen LogP contribution in [0.15, 0.2) is 56.5 Å². The normalized spacial score (nSPS) is 20.6. The Morgan fingerprint density at radius 3 is 1.34 bits per heavy atom. The average Bonchev–Trinajstić information content (AvgIpc) is 3.65. The van der Waals surface area contributed by atoms with Gasteiger partial charge in [-0.05, 0) is 53.7 Å². The number of ether oxygens (including phenoxy) is 2. The van der Waals surface area contributed by atoms with Crippen molar-refractivity contribution in [3.05, 3.63) is 57.7 Å². The highest BCUT2D eigenvalue weighted by Crippen LogP contribution is 2.57. The maximum absolute atomic E-state index is 13.0. The summed E-state index contributed by atoms with van der Waals surface area (Å²) in [5.74, 6) is -1.32. The van der Waals surface area contributed by atoms with Gasteiger partial charge in [-0.25, -0.2) is 9.98 Å². The molecule has 3 aromatic rings. The molecule has 1 aromatic carbocycles. The summed E-state index contributed by atoms with van der Waals surface area (Å²) in [4.78, 5) is 63.6. The van der Waals surface area contributed by atoms with E-state index in [2.05, 4.69) is 22.1 Å². The first-order valence-corrected chi connectivity index (χ1v) is 17.0. The number of amides is 4. The Kier molecular flexibility index (Phi) is 7.16. The summed E-state index contributed by atoms with van der Waals surface area (Å²) >= 11 is 2.67. The first kappa shape index (κ1) is 32.8. The number of fused-ring (bicyclic) bond motifs is 6. The summed E-state index contributed by atoms with van der Waals surface area (Å²) in [5.41, 5.74) is 2.35. The van der Waals surface area contributed by atoms with Gasteiger partial charge >= 0.3 is 0 Å². The van der Waals surface area contributed by atoms with Gasteiger partial charge in [0.25, 0.3) is 23.6 Å². The van der Waals surface area contributed by atoms with E-state index in [4.69, 9.17) is 9.47 Å². The van der Waals surface area contributed by atoms with Gasteiger partial charge < -0.3 is 9.47 Å². The zero-order valence-electron chi connectivity index (χ0n) is 28.3. The molecule has 50 heavy (non-hydrogen) atoms. The summed E-state index contributed by atoms with van der Waals surface area (Å²) in [5, 5.41) is 20.1. The van der Waals surface area contributed by atoms with Gasteiger partial charge in [-0.1, -0.05) is 0 Å². The smallest absolute Gasteiger partial charge is 0.279 e. The lowest BCUT2D eigenvalue weighted by molar-refractivity contribution is -0.138. The predicted molar refractivity (Wildman–Crippen MR) is 187 cm³/mol. The van der Waals surface area contributed by atoms with Gasteiger partial charge in [-0.2, -0.15) is 10.5 Å². The van der Waals surface area contributed by atoms with E-state index in [-0.39, 0.29) is 33.7 Å². The molecule has 4 aliphatic rings. The minimum atomic E-state index is -0.774. The fraction of sp³-hybridized carbons (Fsp3) is 0.278. The van der Waals surface area contributed by atoms with Crippen LogP contribution in [-0.4, -0.2) is 58.9 Å². The Labute approximate surface area is 294 Å². The summed E-state index contributed by atoms with van der Waals surface area (Å²) in [7, 11) is 2.65. The van der Waals surface area contributed by atoms with E-state index in [1.54, 1.807) is 26.0 Å². The van der Waals surface area contributed by atoms with E-state index < -0.39 is 34.8 Å². The molecule has 2 aromatic heterocycles. The summed E-state index contributed by atoms with van der Waals surface area (Å²) in [6.07, 6.45) is 0. The van der Waals surface area contributed by atoms with Crippen LogP contribution in [0.25, 0.3) is 20.9 Å². The van der Waals surface area contributed by atoms with Crippen LogP contribution >= 0.6 is 22.7 Å². The van der Waals surface area contributed by atoms with Crippen molar-refractivity contribution in [2.45, 2.75) is 52.7 Å². The van der Waals surface area contributed by atoms with Crippen LogP contribution in [0.1, 0.15) is 52.7 Å². The summed E-state index contributed by atoms with van der Waals surface area (Å²) in [6, 6.07) is 11.5. The first-order chi connectivity index (χ1) is 23.5. The zero-order valence-corrected chi connectivity index (χ0v) is 29.9. The fourth-order valence-corrected chi connectivity index (χ4v) is 8.44. The molecule has 0 saturated carbocycles. The van der Waals surface area contributed by atoms with Crippen LogP contribution in [0.3, 0.4) is 0 Å². The van der Waals surface area contributed by atoms with Gasteiger partial charge in [0, 0.05) is 59.6 Å². The highest BCUT2D eigenvalue weighted by molar-refractivity contribution is 7.20. The second-order valence-electron chi connectivity index (χ2n) is 13.2. The molecule has 0 bridgehead atoms. The van der Waals surface area contributed by atoms with Crippen molar-refractivity contribution in [3.63, 3.8) is 0 Å². The molecule has 7 rings (SSSR count). The van der Waals surface area contributed by atoms with E-state index >= 15 is 0 Å². The highest BCUT2D eigenvalue weighted by Gasteiger charge is 2.42. The van der Waals surface area contributed by atoms with Gasteiger partial charge in [-0.15, -0.1) is 22.7 Å². The Hall–Kier alpha value is -5.70. The summed E-state index contributed by atoms with van der Waals surface area (Å²) in [6.45, 7) is 10.9. The Morgan fingerprint density at radius 1 is 0.640 bits per heavy atom. The molecule has 12 nitrogen and oxygen atoms in total. The van der Waals surface area contributed by atoms with Crippen molar-refractivity contribution in [2.75, 3.05) is 14.1 Å². The molecule has 6 heterocycles. The molecule has 4 aliphatic heterocycles. The van der Waals surface area contributed by atoms with Crippen molar-refractivity contribution < 1.29 is 28.7 Å². The lowest BCUT2D eigenvalue weighted by Gasteiger charge is -2.38. The molecule has 0 fully saturated rings. The second-order valence-corrected chi connectivity index (χ2v) is 15.3. The van der Waals surface area contributed by atoms with Crippen molar-refractivity contribution in [2.24, 2.45) is 9.98 Å². The minimum absolute atomic E-state index is 0.0222.